The molecule has 0 spiro atoms. The number of hydrogen-bond donors (Lipinski definition) is 2. The van der Waals surface area contributed by atoms with Crippen molar-refractivity contribution >= 4 is 17.5 Å². The molecule has 1 unspecified atom stereocenters. The van der Waals surface area contributed by atoms with Crippen molar-refractivity contribution in [2.45, 2.75) is 13.0 Å². The van der Waals surface area contributed by atoms with Gasteiger partial charge in [0.2, 0.25) is 0 Å². The molecule has 23 heavy (non-hydrogen) atoms. The number of rotatable bonds is 6. The standard InChI is InChI=1S/C17H17ClFNO3/c1-11-5-2-3-8-15(11)23-10-12(21)9-20-17(22)16-13(18)6-4-7-14(16)19/h2-8,12,21H,9-10H2,1H3,(H,20,22). The van der Waals surface area contributed by atoms with E-state index in [0.29, 0.717) is 5.75 Å². The molecule has 0 fully saturated rings. The summed E-state index contributed by atoms with van der Waals surface area (Å²) in [6.07, 6.45) is -0.927. The smallest absolute Gasteiger partial charge is 0.255 e. The van der Waals surface area contributed by atoms with E-state index in [9.17, 15) is 14.3 Å². The third kappa shape index (κ3) is 4.68. The number of para-hydroxylation sites is 1. The fraction of sp³-hybridized carbons (Fsp3) is 0.235. The number of aliphatic hydroxyl groups is 1. The van der Waals surface area contributed by atoms with E-state index in [4.69, 9.17) is 16.3 Å². The van der Waals surface area contributed by atoms with Gasteiger partial charge in [-0.15, -0.1) is 0 Å². The van der Waals surface area contributed by atoms with E-state index in [0.717, 1.165) is 11.6 Å². The summed E-state index contributed by atoms with van der Waals surface area (Å²) in [7, 11) is 0. The first-order chi connectivity index (χ1) is 11.0. The monoisotopic (exact) mass is 337 g/mol. The number of benzene rings is 2. The largest absolute Gasteiger partial charge is 0.491 e. The Morgan fingerprint density at radius 2 is 2.04 bits per heavy atom. The van der Waals surface area contributed by atoms with E-state index in [2.05, 4.69) is 5.32 Å². The van der Waals surface area contributed by atoms with Crippen molar-refractivity contribution in [3.63, 3.8) is 0 Å². The van der Waals surface area contributed by atoms with Crippen molar-refractivity contribution in [3.05, 3.63) is 64.4 Å². The minimum absolute atomic E-state index is 0.0101. The highest BCUT2D eigenvalue weighted by Crippen LogP contribution is 2.19. The highest BCUT2D eigenvalue weighted by Gasteiger charge is 2.16. The molecule has 122 valence electrons. The number of aryl methyl sites for hydroxylation is 1. The molecule has 2 rings (SSSR count). The summed E-state index contributed by atoms with van der Waals surface area (Å²) in [6.45, 7) is 1.83. The van der Waals surface area contributed by atoms with E-state index < -0.39 is 17.8 Å². The molecule has 2 aromatic rings. The molecule has 0 radical (unpaired) electrons. The number of amides is 1. The second-order valence-electron chi connectivity index (χ2n) is 5.04. The van der Waals surface area contributed by atoms with Crippen LogP contribution in [0.3, 0.4) is 0 Å². The van der Waals surface area contributed by atoms with Crippen LogP contribution < -0.4 is 10.1 Å². The maximum absolute atomic E-state index is 13.6. The van der Waals surface area contributed by atoms with Gasteiger partial charge in [-0.1, -0.05) is 35.9 Å². The van der Waals surface area contributed by atoms with Crippen LogP contribution >= 0.6 is 11.6 Å². The van der Waals surface area contributed by atoms with E-state index in [1.807, 2.05) is 25.1 Å². The van der Waals surface area contributed by atoms with Gasteiger partial charge in [-0.05, 0) is 30.7 Å². The first-order valence-corrected chi connectivity index (χ1v) is 7.45. The van der Waals surface area contributed by atoms with Crippen molar-refractivity contribution in [2.75, 3.05) is 13.2 Å². The van der Waals surface area contributed by atoms with Crippen LogP contribution in [-0.2, 0) is 0 Å². The highest BCUT2D eigenvalue weighted by atomic mass is 35.5. The van der Waals surface area contributed by atoms with Crippen LogP contribution in [0.25, 0.3) is 0 Å². The lowest BCUT2D eigenvalue weighted by atomic mass is 10.2. The van der Waals surface area contributed by atoms with E-state index in [-0.39, 0.29) is 23.7 Å². The van der Waals surface area contributed by atoms with Crippen LogP contribution in [0.1, 0.15) is 15.9 Å². The van der Waals surface area contributed by atoms with Gasteiger partial charge in [0.25, 0.3) is 5.91 Å². The van der Waals surface area contributed by atoms with Crippen molar-refractivity contribution in [3.8, 4) is 5.75 Å². The van der Waals surface area contributed by atoms with Gasteiger partial charge in [0.1, 0.15) is 24.3 Å². The zero-order valence-corrected chi connectivity index (χ0v) is 13.3. The summed E-state index contributed by atoms with van der Waals surface area (Å²) < 4.78 is 19.1. The number of carbonyl (C=O) groups is 1. The Kier molecular flexibility index (Phi) is 5.96. The van der Waals surface area contributed by atoms with Gasteiger partial charge in [0.15, 0.2) is 0 Å². The summed E-state index contributed by atoms with van der Waals surface area (Å²) >= 11 is 5.81. The molecule has 1 amide bonds. The molecule has 6 heteroatoms. The van der Waals surface area contributed by atoms with Crippen LogP contribution in [0.15, 0.2) is 42.5 Å². The van der Waals surface area contributed by atoms with Crippen molar-refractivity contribution in [1.29, 1.82) is 0 Å². The zero-order valence-electron chi connectivity index (χ0n) is 12.6. The molecule has 0 aliphatic carbocycles. The number of carbonyl (C=O) groups excluding carboxylic acids is 1. The van der Waals surface area contributed by atoms with Gasteiger partial charge in [0.05, 0.1) is 10.6 Å². The van der Waals surface area contributed by atoms with E-state index in [1.165, 1.54) is 12.1 Å². The quantitative estimate of drug-likeness (QED) is 0.852. The number of aliphatic hydroxyl groups excluding tert-OH is 1. The van der Waals surface area contributed by atoms with Crippen molar-refractivity contribution in [2.24, 2.45) is 0 Å². The zero-order chi connectivity index (χ0) is 16.8. The molecule has 2 N–H and O–H groups in total. The summed E-state index contributed by atoms with van der Waals surface area (Å²) in [4.78, 5) is 11.9. The first-order valence-electron chi connectivity index (χ1n) is 7.07. The van der Waals surface area contributed by atoms with Crippen LogP contribution in [0, 0.1) is 12.7 Å². The Morgan fingerprint density at radius 3 is 2.74 bits per heavy atom. The summed E-state index contributed by atoms with van der Waals surface area (Å²) in [5.41, 5.74) is 0.711. The fourth-order valence-electron chi connectivity index (χ4n) is 1.98. The highest BCUT2D eigenvalue weighted by molar-refractivity contribution is 6.33. The average molecular weight is 338 g/mol. The second-order valence-corrected chi connectivity index (χ2v) is 5.44. The minimum Gasteiger partial charge on any atom is -0.491 e. The molecule has 0 saturated heterocycles. The second kappa shape index (κ2) is 7.94. The molecule has 0 saturated carbocycles. The van der Waals surface area contributed by atoms with Gasteiger partial charge in [-0.2, -0.15) is 0 Å². The lowest BCUT2D eigenvalue weighted by Crippen LogP contribution is -2.35. The number of nitrogens with one attached hydrogen (secondary N) is 1. The number of halogens is 2. The van der Waals surface area contributed by atoms with Gasteiger partial charge in [-0.3, -0.25) is 4.79 Å². The van der Waals surface area contributed by atoms with Gasteiger partial charge >= 0.3 is 0 Å². The Morgan fingerprint density at radius 1 is 1.30 bits per heavy atom. The molecular formula is C17H17ClFNO3. The number of ether oxygens (including phenoxy) is 1. The van der Waals surface area contributed by atoms with Crippen LogP contribution in [0.5, 0.6) is 5.75 Å². The van der Waals surface area contributed by atoms with Crippen molar-refractivity contribution in [1.82, 2.24) is 5.32 Å². The predicted octanol–water partition coefficient (Wildman–Crippen LogP) is 2.96. The molecule has 0 bridgehead atoms. The van der Waals surface area contributed by atoms with Crippen molar-refractivity contribution < 1.29 is 19.0 Å². The molecule has 0 aliphatic heterocycles. The molecule has 4 nitrogen and oxygen atoms in total. The predicted molar refractivity (Wildman–Crippen MR) is 86.4 cm³/mol. The molecule has 0 heterocycles. The third-order valence-corrected chi connectivity index (χ3v) is 3.53. The van der Waals surface area contributed by atoms with Gasteiger partial charge in [-0.25, -0.2) is 4.39 Å². The van der Waals surface area contributed by atoms with Crippen LogP contribution in [0.4, 0.5) is 4.39 Å². The Bertz CT molecular complexity index is 673. The Labute approximate surface area is 138 Å². The van der Waals surface area contributed by atoms with Gasteiger partial charge < -0.3 is 15.2 Å². The topological polar surface area (TPSA) is 58.6 Å². The minimum atomic E-state index is -0.927. The van der Waals surface area contributed by atoms with Crippen LogP contribution in [0.2, 0.25) is 5.02 Å². The number of hydrogen-bond acceptors (Lipinski definition) is 3. The maximum atomic E-state index is 13.6. The van der Waals surface area contributed by atoms with E-state index >= 15 is 0 Å². The Hall–Kier alpha value is -2.11. The molecule has 2 aromatic carbocycles. The molecular weight excluding hydrogens is 321 g/mol. The third-order valence-electron chi connectivity index (χ3n) is 3.21. The van der Waals surface area contributed by atoms with E-state index in [1.54, 1.807) is 6.07 Å². The molecule has 0 aliphatic rings. The summed E-state index contributed by atoms with van der Waals surface area (Å²) in [5, 5.41) is 12.3. The molecule has 0 aromatic heterocycles. The lowest BCUT2D eigenvalue weighted by Gasteiger charge is -2.15. The first kappa shape index (κ1) is 17.2. The summed E-state index contributed by atoms with van der Waals surface area (Å²) in [5.74, 6) is -0.723. The average Bonchev–Trinajstić information content (AvgIpc) is 2.52. The lowest BCUT2D eigenvalue weighted by molar-refractivity contribution is 0.0839. The molecule has 1 atom stereocenters. The van der Waals surface area contributed by atoms with Gasteiger partial charge in [0, 0.05) is 6.54 Å². The fourth-order valence-corrected chi connectivity index (χ4v) is 2.23. The van der Waals surface area contributed by atoms with Crippen LogP contribution in [-0.4, -0.2) is 30.3 Å². The summed E-state index contributed by atoms with van der Waals surface area (Å²) in [6, 6.07) is 11.4. The Balaban J connectivity index is 1.86. The SMILES string of the molecule is Cc1ccccc1OCC(O)CNC(=O)c1c(F)cccc1Cl. The maximum Gasteiger partial charge on any atom is 0.255 e. The normalized spacial score (nSPS) is 11.8.